The van der Waals surface area contributed by atoms with Gasteiger partial charge in [0.1, 0.15) is 5.75 Å². The number of halogens is 1. The Morgan fingerprint density at radius 2 is 2.15 bits per heavy atom. The average molecular weight is 427 g/mol. The fraction of sp³-hybridized carbons (Fsp3) is 0.389. The zero-order chi connectivity index (χ0) is 19.2. The van der Waals surface area contributed by atoms with Crippen molar-refractivity contribution >= 4 is 38.9 Å². The van der Waals surface area contributed by atoms with Gasteiger partial charge in [0, 0.05) is 18.6 Å². The highest BCUT2D eigenvalue weighted by atomic mass is 35.5. The van der Waals surface area contributed by atoms with Crippen LogP contribution in [0.15, 0.2) is 40.6 Å². The predicted octanol–water partition coefficient (Wildman–Crippen LogP) is 2.99. The molecule has 3 unspecified atom stereocenters. The second kappa shape index (κ2) is 7.09. The van der Waals surface area contributed by atoms with Crippen molar-refractivity contribution in [3.05, 3.63) is 45.6 Å². The molecule has 0 spiro atoms. The van der Waals surface area contributed by atoms with Gasteiger partial charge in [0.15, 0.2) is 0 Å². The first-order valence-corrected chi connectivity index (χ1v) is 11.3. The zero-order valence-corrected chi connectivity index (χ0v) is 17.0. The molecule has 1 saturated carbocycles. The molecule has 1 aliphatic carbocycles. The van der Waals surface area contributed by atoms with Crippen LogP contribution in [-0.2, 0) is 10.0 Å². The number of ether oxygens (including phenoxy) is 1. The maximum Gasteiger partial charge on any atom is 0.261 e. The van der Waals surface area contributed by atoms with Crippen LogP contribution in [0.1, 0.15) is 22.5 Å². The molecule has 2 heterocycles. The van der Waals surface area contributed by atoms with Crippen molar-refractivity contribution in [3.8, 4) is 5.75 Å². The molecule has 144 valence electrons. The molecule has 6 nitrogen and oxygen atoms in total. The van der Waals surface area contributed by atoms with Crippen LogP contribution in [0, 0.1) is 5.92 Å². The number of rotatable bonds is 5. The molecule has 4 rings (SSSR count). The highest BCUT2D eigenvalue weighted by molar-refractivity contribution is 7.89. The molecule has 2 aromatic rings. The molecular formula is C18H19ClN2O4S2. The molecule has 27 heavy (non-hydrogen) atoms. The van der Waals surface area contributed by atoms with Crippen molar-refractivity contribution < 1.29 is 17.9 Å². The number of thiophene rings is 1. The summed E-state index contributed by atoms with van der Waals surface area (Å²) in [5.41, 5.74) is 0. The number of fused-ring (bicyclic) bond motifs is 2. The molecule has 2 aliphatic rings. The molecule has 0 radical (unpaired) electrons. The summed E-state index contributed by atoms with van der Waals surface area (Å²) in [7, 11) is -2.21. The minimum absolute atomic E-state index is 0.143. The lowest BCUT2D eigenvalue weighted by atomic mass is 10.1. The lowest BCUT2D eigenvalue weighted by Gasteiger charge is -2.32. The second-order valence-electron chi connectivity index (χ2n) is 6.83. The van der Waals surface area contributed by atoms with E-state index in [1.54, 1.807) is 12.1 Å². The lowest BCUT2D eigenvalue weighted by molar-refractivity contribution is 0.0921. The topological polar surface area (TPSA) is 75.7 Å². The number of carbonyl (C=O) groups is 1. The molecule has 1 aromatic heterocycles. The van der Waals surface area contributed by atoms with E-state index >= 15 is 0 Å². The Hall–Kier alpha value is -1.61. The molecule has 1 N–H and O–H groups in total. The molecule has 1 aromatic carbocycles. The third-order valence-corrected chi connectivity index (χ3v) is 8.28. The minimum Gasteiger partial charge on any atom is -0.495 e. The maximum absolute atomic E-state index is 13.2. The Morgan fingerprint density at radius 1 is 1.33 bits per heavy atom. The quantitative estimate of drug-likeness (QED) is 0.797. The van der Waals surface area contributed by atoms with Crippen LogP contribution in [0.2, 0.25) is 5.02 Å². The third-order valence-electron chi connectivity index (χ3n) is 5.23. The van der Waals surface area contributed by atoms with E-state index in [2.05, 4.69) is 5.32 Å². The van der Waals surface area contributed by atoms with Crippen molar-refractivity contribution in [2.24, 2.45) is 5.92 Å². The van der Waals surface area contributed by atoms with E-state index in [1.165, 1.54) is 34.9 Å². The van der Waals surface area contributed by atoms with E-state index in [4.69, 9.17) is 16.3 Å². The highest BCUT2D eigenvalue weighted by Crippen LogP contribution is 2.41. The van der Waals surface area contributed by atoms with E-state index in [0.717, 1.165) is 12.8 Å². The van der Waals surface area contributed by atoms with Crippen molar-refractivity contribution in [1.82, 2.24) is 9.62 Å². The van der Waals surface area contributed by atoms with Gasteiger partial charge in [-0.05, 0) is 48.4 Å². The summed E-state index contributed by atoms with van der Waals surface area (Å²) in [5, 5.41) is 5.12. The second-order valence-corrected chi connectivity index (χ2v) is 10.1. The first-order valence-electron chi connectivity index (χ1n) is 8.60. The average Bonchev–Trinajstić information content (AvgIpc) is 3.38. The minimum atomic E-state index is -3.69. The molecule has 2 bridgehead atoms. The Balaban J connectivity index is 1.55. The van der Waals surface area contributed by atoms with E-state index in [-0.39, 0.29) is 33.8 Å². The zero-order valence-electron chi connectivity index (χ0n) is 14.6. The number of sulfonamides is 1. The van der Waals surface area contributed by atoms with Gasteiger partial charge in [-0.25, -0.2) is 8.42 Å². The largest absolute Gasteiger partial charge is 0.495 e. The summed E-state index contributed by atoms with van der Waals surface area (Å²) < 4.78 is 32.9. The van der Waals surface area contributed by atoms with Crippen LogP contribution in [0.3, 0.4) is 0 Å². The number of nitrogens with zero attached hydrogens (tertiary/aromatic N) is 1. The molecule has 9 heteroatoms. The monoisotopic (exact) mass is 426 g/mol. The van der Waals surface area contributed by atoms with Crippen molar-refractivity contribution in [3.63, 3.8) is 0 Å². The normalized spacial score (nSPS) is 24.9. The van der Waals surface area contributed by atoms with Gasteiger partial charge in [-0.15, -0.1) is 11.3 Å². The number of amides is 1. The van der Waals surface area contributed by atoms with E-state index in [1.807, 2.05) is 11.4 Å². The SMILES string of the molecule is COc1ccc(S(=O)(=O)N2CC3CC(NC(=O)c4cccs4)C2C3)cc1Cl. The number of piperidine rings is 1. The Bertz CT molecular complexity index is 962. The number of benzene rings is 1. The summed E-state index contributed by atoms with van der Waals surface area (Å²) >= 11 is 7.48. The standard InChI is InChI=1S/C18H19ClN2O4S2/c1-25-16-5-4-12(9-13(16)19)27(23,24)21-10-11-7-14(15(21)8-11)20-18(22)17-3-2-6-26-17/h2-6,9,11,14-15H,7-8,10H2,1H3,(H,20,22). The van der Waals surface area contributed by atoms with Gasteiger partial charge >= 0.3 is 0 Å². The van der Waals surface area contributed by atoms with Gasteiger partial charge in [-0.1, -0.05) is 17.7 Å². The lowest BCUT2D eigenvalue weighted by Crippen LogP contribution is -2.51. The van der Waals surface area contributed by atoms with E-state index < -0.39 is 10.0 Å². The molecule has 1 aliphatic heterocycles. The summed E-state index contributed by atoms with van der Waals surface area (Å²) in [5.74, 6) is 0.541. The first-order chi connectivity index (χ1) is 12.9. The van der Waals surface area contributed by atoms with Gasteiger partial charge < -0.3 is 10.1 Å². The number of hydrogen-bond acceptors (Lipinski definition) is 5. The van der Waals surface area contributed by atoms with E-state index in [0.29, 0.717) is 17.2 Å². The van der Waals surface area contributed by atoms with Crippen molar-refractivity contribution in [2.45, 2.75) is 29.8 Å². The molecule has 1 saturated heterocycles. The van der Waals surface area contributed by atoms with Crippen LogP contribution < -0.4 is 10.1 Å². The van der Waals surface area contributed by atoms with Crippen molar-refractivity contribution in [2.75, 3.05) is 13.7 Å². The third kappa shape index (κ3) is 3.35. The number of hydrogen-bond donors (Lipinski definition) is 1. The van der Waals surface area contributed by atoms with Crippen LogP contribution in [0.25, 0.3) is 0 Å². The Labute approximate surface area is 167 Å². The van der Waals surface area contributed by atoms with Crippen LogP contribution in [0.4, 0.5) is 0 Å². The maximum atomic E-state index is 13.2. The highest BCUT2D eigenvalue weighted by Gasteiger charge is 2.50. The fourth-order valence-electron chi connectivity index (χ4n) is 4.00. The molecule has 2 fully saturated rings. The van der Waals surface area contributed by atoms with Gasteiger partial charge in [0.2, 0.25) is 10.0 Å². The van der Waals surface area contributed by atoms with Gasteiger partial charge in [0.25, 0.3) is 5.91 Å². The Kier molecular flexibility index (Phi) is 4.92. The summed E-state index contributed by atoms with van der Waals surface area (Å²) in [6, 6.07) is 7.66. The summed E-state index contributed by atoms with van der Waals surface area (Å²) in [4.78, 5) is 13.2. The van der Waals surface area contributed by atoms with Crippen molar-refractivity contribution in [1.29, 1.82) is 0 Å². The van der Waals surface area contributed by atoms with Gasteiger partial charge in [0.05, 0.1) is 21.9 Å². The van der Waals surface area contributed by atoms with Gasteiger partial charge in [-0.3, -0.25) is 4.79 Å². The van der Waals surface area contributed by atoms with Gasteiger partial charge in [-0.2, -0.15) is 4.31 Å². The molecule has 1 amide bonds. The number of carbonyl (C=O) groups excluding carboxylic acids is 1. The fourth-order valence-corrected chi connectivity index (χ4v) is 6.72. The molecular weight excluding hydrogens is 408 g/mol. The number of methoxy groups -OCH3 is 1. The predicted molar refractivity (Wildman–Crippen MR) is 104 cm³/mol. The smallest absolute Gasteiger partial charge is 0.261 e. The van der Waals surface area contributed by atoms with Crippen LogP contribution in [-0.4, -0.2) is 44.4 Å². The van der Waals surface area contributed by atoms with Crippen LogP contribution >= 0.6 is 22.9 Å². The molecule has 3 atom stereocenters. The number of nitrogens with one attached hydrogen (secondary N) is 1. The summed E-state index contributed by atoms with van der Waals surface area (Å²) in [6.45, 7) is 0.474. The van der Waals surface area contributed by atoms with Crippen LogP contribution in [0.5, 0.6) is 5.75 Å². The summed E-state index contributed by atoms with van der Waals surface area (Å²) in [6.07, 6.45) is 1.57. The van der Waals surface area contributed by atoms with E-state index in [9.17, 15) is 13.2 Å². The Morgan fingerprint density at radius 3 is 2.78 bits per heavy atom. The first kappa shape index (κ1) is 18.7.